The van der Waals surface area contributed by atoms with Gasteiger partial charge in [-0.05, 0) is 13.3 Å². The first-order valence-corrected chi connectivity index (χ1v) is 9.61. The largest absolute Gasteiger partial charge is 0.364 e. The standard InChI is InChI=1S/C15H25N5O3S/c1-3-4-5-7-17-15(16-2)19-8-10-20(11-9-19)24(21,22)13-14-6-12-23-18-14/h3-4,6,12H,5,7-11,13H2,1-2H3,(H,16,17)/b4-3+. The van der Waals surface area contributed by atoms with Crippen LogP contribution in [0.25, 0.3) is 0 Å². The summed E-state index contributed by atoms with van der Waals surface area (Å²) in [5, 5.41) is 6.97. The van der Waals surface area contributed by atoms with Crippen molar-refractivity contribution in [3.8, 4) is 0 Å². The number of guanidine groups is 1. The summed E-state index contributed by atoms with van der Waals surface area (Å²) in [4.78, 5) is 6.36. The van der Waals surface area contributed by atoms with Crippen LogP contribution in [0.2, 0.25) is 0 Å². The van der Waals surface area contributed by atoms with Gasteiger partial charge in [0.15, 0.2) is 5.96 Å². The van der Waals surface area contributed by atoms with E-state index in [0.29, 0.717) is 31.9 Å². The van der Waals surface area contributed by atoms with Crippen molar-refractivity contribution in [1.29, 1.82) is 0 Å². The Morgan fingerprint density at radius 1 is 1.42 bits per heavy atom. The highest BCUT2D eigenvalue weighted by Crippen LogP contribution is 2.12. The van der Waals surface area contributed by atoms with Gasteiger partial charge in [0.05, 0.1) is 5.69 Å². The lowest BCUT2D eigenvalue weighted by molar-refractivity contribution is 0.260. The summed E-state index contributed by atoms with van der Waals surface area (Å²) in [7, 11) is -1.63. The normalized spacial score (nSPS) is 17.6. The summed E-state index contributed by atoms with van der Waals surface area (Å²) in [6, 6.07) is 1.57. The second kappa shape index (κ2) is 8.84. The number of aliphatic imine (C=N–C) groups is 1. The van der Waals surface area contributed by atoms with Gasteiger partial charge in [-0.2, -0.15) is 4.31 Å². The average Bonchev–Trinajstić information content (AvgIpc) is 3.07. The number of hydrogen-bond donors (Lipinski definition) is 1. The van der Waals surface area contributed by atoms with Gasteiger partial charge in [-0.1, -0.05) is 17.3 Å². The van der Waals surface area contributed by atoms with Crippen molar-refractivity contribution in [2.45, 2.75) is 19.1 Å². The van der Waals surface area contributed by atoms with Crippen molar-refractivity contribution in [3.05, 3.63) is 30.2 Å². The quantitative estimate of drug-likeness (QED) is 0.349. The molecule has 1 saturated heterocycles. The van der Waals surface area contributed by atoms with Crippen LogP contribution in [-0.2, 0) is 15.8 Å². The van der Waals surface area contributed by atoms with E-state index in [-0.39, 0.29) is 5.75 Å². The first kappa shape index (κ1) is 18.5. The number of hydrogen-bond acceptors (Lipinski definition) is 5. The first-order chi connectivity index (χ1) is 11.6. The molecule has 2 heterocycles. The number of allylic oxidation sites excluding steroid dienone is 1. The molecule has 0 bridgehead atoms. The Labute approximate surface area is 143 Å². The molecule has 0 atom stereocenters. The maximum atomic E-state index is 12.4. The van der Waals surface area contributed by atoms with E-state index in [1.54, 1.807) is 13.1 Å². The molecular weight excluding hydrogens is 330 g/mol. The molecule has 0 saturated carbocycles. The van der Waals surface area contributed by atoms with Crippen LogP contribution in [0.15, 0.2) is 34.0 Å². The molecule has 9 heteroatoms. The highest BCUT2D eigenvalue weighted by atomic mass is 32.2. The van der Waals surface area contributed by atoms with E-state index in [4.69, 9.17) is 4.52 Å². The third kappa shape index (κ3) is 5.07. The fraction of sp³-hybridized carbons (Fsp3) is 0.600. The minimum Gasteiger partial charge on any atom is -0.364 e. The molecule has 0 amide bonds. The van der Waals surface area contributed by atoms with E-state index in [1.165, 1.54) is 10.6 Å². The number of aromatic nitrogens is 1. The summed E-state index contributed by atoms with van der Waals surface area (Å²) in [5.74, 6) is 0.688. The van der Waals surface area contributed by atoms with Crippen LogP contribution >= 0.6 is 0 Å². The Hall–Kier alpha value is -1.87. The van der Waals surface area contributed by atoms with Crippen LogP contribution in [0.1, 0.15) is 19.0 Å². The van der Waals surface area contributed by atoms with Gasteiger partial charge in [0, 0.05) is 45.8 Å². The predicted molar refractivity (Wildman–Crippen MR) is 93.1 cm³/mol. The number of sulfonamides is 1. The zero-order chi connectivity index (χ0) is 17.4. The van der Waals surface area contributed by atoms with Crippen molar-refractivity contribution < 1.29 is 12.9 Å². The molecule has 1 aliphatic heterocycles. The summed E-state index contributed by atoms with van der Waals surface area (Å²) in [6.07, 6.45) is 6.42. The maximum absolute atomic E-state index is 12.4. The number of nitrogens with one attached hydrogen (secondary N) is 1. The third-order valence-corrected chi connectivity index (χ3v) is 5.61. The first-order valence-electron chi connectivity index (χ1n) is 8.00. The highest BCUT2D eigenvalue weighted by Gasteiger charge is 2.28. The van der Waals surface area contributed by atoms with E-state index in [9.17, 15) is 8.42 Å². The molecule has 8 nitrogen and oxygen atoms in total. The summed E-state index contributed by atoms with van der Waals surface area (Å²) >= 11 is 0. The molecule has 1 fully saturated rings. The van der Waals surface area contributed by atoms with Gasteiger partial charge in [0.2, 0.25) is 10.0 Å². The number of nitrogens with zero attached hydrogens (tertiary/aromatic N) is 4. The van der Waals surface area contributed by atoms with Gasteiger partial charge in [0.1, 0.15) is 12.0 Å². The lowest BCUT2D eigenvalue weighted by atomic mass is 10.3. The van der Waals surface area contributed by atoms with E-state index >= 15 is 0 Å². The van der Waals surface area contributed by atoms with Crippen LogP contribution in [-0.4, -0.2) is 68.5 Å². The molecule has 0 unspecified atom stereocenters. The minimum atomic E-state index is -3.37. The van der Waals surface area contributed by atoms with Crippen LogP contribution in [0.3, 0.4) is 0 Å². The summed E-state index contributed by atoms with van der Waals surface area (Å²) in [6.45, 7) is 4.91. The number of piperazine rings is 1. The molecule has 1 aromatic heterocycles. The second-order valence-corrected chi connectivity index (χ2v) is 7.43. The monoisotopic (exact) mass is 355 g/mol. The molecule has 1 aromatic rings. The van der Waals surface area contributed by atoms with Crippen molar-refractivity contribution >= 4 is 16.0 Å². The summed E-state index contributed by atoms with van der Waals surface area (Å²) in [5.41, 5.74) is 0.430. The fourth-order valence-electron chi connectivity index (χ4n) is 2.53. The molecule has 134 valence electrons. The van der Waals surface area contributed by atoms with Crippen LogP contribution in [0, 0.1) is 0 Å². The molecule has 24 heavy (non-hydrogen) atoms. The SMILES string of the molecule is C/C=C/CCNC(=NC)N1CCN(S(=O)(=O)Cc2ccon2)CC1. The Kier molecular flexibility index (Phi) is 6.80. The Morgan fingerprint density at radius 2 is 2.17 bits per heavy atom. The molecule has 0 radical (unpaired) electrons. The molecule has 2 rings (SSSR count). The number of rotatable bonds is 6. The Balaban J connectivity index is 1.85. The van der Waals surface area contributed by atoms with Crippen LogP contribution in [0.5, 0.6) is 0 Å². The predicted octanol–water partition coefficient (Wildman–Crippen LogP) is 0.664. The van der Waals surface area contributed by atoms with E-state index < -0.39 is 10.0 Å². The van der Waals surface area contributed by atoms with Gasteiger partial charge in [0.25, 0.3) is 0 Å². The maximum Gasteiger partial charge on any atom is 0.220 e. The molecule has 0 spiro atoms. The third-order valence-electron chi connectivity index (χ3n) is 3.79. The van der Waals surface area contributed by atoms with Crippen molar-refractivity contribution in [1.82, 2.24) is 19.7 Å². The molecule has 1 aliphatic rings. The van der Waals surface area contributed by atoms with Gasteiger partial charge in [-0.15, -0.1) is 0 Å². The van der Waals surface area contributed by atoms with Gasteiger partial charge in [-0.3, -0.25) is 4.99 Å². The van der Waals surface area contributed by atoms with Crippen molar-refractivity contribution in [2.24, 2.45) is 4.99 Å². The lowest BCUT2D eigenvalue weighted by Gasteiger charge is -2.35. The van der Waals surface area contributed by atoms with Crippen molar-refractivity contribution in [3.63, 3.8) is 0 Å². The van der Waals surface area contributed by atoms with Gasteiger partial charge < -0.3 is 14.7 Å². The Morgan fingerprint density at radius 3 is 2.75 bits per heavy atom. The molecule has 0 aliphatic carbocycles. The van der Waals surface area contributed by atoms with E-state index in [0.717, 1.165) is 18.9 Å². The smallest absolute Gasteiger partial charge is 0.220 e. The highest BCUT2D eigenvalue weighted by molar-refractivity contribution is 7.88. The average molecular weight is 355 g/mol. The van der Waals surface area contributed by atoms with E-state index in [2.05, 4.69) is 26.4 Å². The minimum absolute atomic E-state index is 0.125. The zero-order valence-electron chi connectivity index (χ0n) is 14.2. The topological polar surface area (TPSA) is 91.0 Å². The molecule has 0 aromatic carbocycles. The van der Waals surface area contributed by atoms with Crippen LogP contribution in [0.4, 0.5) is 0 Å². The Bertz CT molecular complexity index is 647. The lowest BCUT2D eigenvalue weighted by Crippen LogP contribution is -2.53. The molecule has 1 N–H and O–H groups in total. The summed E-state index contributed by atoms with van der Waals surface area (Å²) < 4.78 is 31.0. The van der Waals surface area contributed by atoms with E-state index in [1.807, 2.05) is 13.0 Å². The fourth-order valence-corrected chi connectivity index (χ4v) is 3.96. The van der Waals surface area contributed by atoms with Crippen LogP contribution < -0.4 is 5.32 Å². The van der Waals surface area contributed by atoms with Crippen molar-refractivity contribution in [2.75, 3.05) is 39.8 Å². The second-order valence-electron chi connectivity index (χ2n) is 5.46. The molecular formula is C15H25N5O3S. The van der Waals surface area contributed by atoms with Gasteiger partial charge >= 0.3 is 0 Å². The zero-order valence-corrected chi connectivity index (χ0v) is 15.0. The van der Waals surface area contributed by atoms with Gasteiger partial charge in [-0.25, -0.2) is 8.42 Å².